The number of hydrogen-bond acceptors (Lipinski definition) is 1. The number of urea groups is 1. The Hall–Kier alpha value is -2.75. The van der Waals surface area contributed by atoms with Crippen LogP contribution in [0.4, 0.5) is 10.5 Å². The van der Waals surface area contributed by atoms with Crippen LogP contribution < -0.4 is 5.32 Å². The van der Waals surface area contributed by atoms with E-state index >= 15 is 0 Å². The number of carbonyl (C=O) groups is 1. The van der Waals surface area contributed by atoms with Crippen LogP contribution >= 0.6 is 0 Å². The Labute approximate surface area is 135 Å². The SMILES string of the molecule is O=C(Nc1cccc2[nH]ccc12)N1CCC(c2ccccc2)C1. The highest BCUT2D eigenvalue weighted by Gasteiger charge is 2.27. The van der Waals surface area contributed by atoms with E-state index in [-0.39, 0.29) is 6.03 Å². The monoisotopic (exact) mass is 305 g/mol. The van der Waals surface area contributed by atoms with Crippen molar-refractivity contribution in [3.63, 3.8) is 0 Å². The van der Waals surface area contributed by atoms with Gasteiger partial charge in [0, 0.05) is 36.1 Å². The van der Waals surface area contributed by atoms with Gasteiger partial charge in [-0.25, -0.2) is 4.79 Å². The average Bonchev–Trinajstić information content (AvgIpc) is 3.25. The van der Waals surface area contributed by atoms with Gasteiger partial charge in [-0.3, -0.25) is 0 Å². The number of aromatic nitrogens is 1. The summed E-state index contributed by atoms with van der Waals surface area (Å²) in [6, 6.07) is 18.3. The minimum absolute atomic E-state index is 0.0165. The number of aromatic amines is 1. The quantitative estimate of drug-likeness (QED) is 0.733. The highest BCUT2D eigenvalue weighted by molar-refractivity contribution is 6.00. The van der Waals surface area contributed by atoms with E-state index in [1.807, 2.05) is 41.4 Å². The molecule has 2 heterocycles. The highest BCUT2D eigenvalue weighted by Crippen LogP contribution is 2.28. The van der Waals surface area contributed by atoms with Gasteiger partial charge >= 0.3 is 6.03 Å². The molecular weight excluding hydrogens is 286 g/mol. The van der Waals surface area contributed by atoms with E-state index in [0.29, 0.717) is 5.92 Å². The zero-order valence-corrected chi connectivity index (χ0v) is 12.8. The molecule has 0 aliphatic carbocycles. The Morgan fingerprint density at radius 2 is 1.96 bits per heavy atom. The van der Waals surface area contributed by atoms with Crippen molar-refractivity contribution in [1.29, 1.82) is 0 Å². The predicted octanol–water partition coefficient (Wildman–Crippen LogP) is 4.19. The second-order valence-corrected chi connectivity index (χ2v) is 6.02. The van der Waals surface area contributed by atoms with Crippen molar-refractivity contribution >= 4 is 22.6 Å². The highest BCUT2D eigenvalue weighted by atomic mass is 16.2. The number of nitrogens with one attached hydrogen (secondary N) is 2. The molecule has 1 fully saturated rings. The summed E-state index contributed by atoms with van der Waals surface area (Å²) < 4.78 is 0. The van der Waals surface area contributed by atoms with Gasteiger partial charge in [-0.05, 0) is 30.2 Å². The minimum atomic E-state index is -0.0165. The molecule has 0 spiro atoms. The third-order valence-corrected chi connectivity index (χ3v) is 4.58. The molecule has 23 heavy (non-hydrogen) atoms. The molecule has 1 saturated heterocycles. The number of anilines is 1. The summed E-state index contributed by atoms with van der Waals surface area (Å²) in [4.78, 5) is 17.6. The maximum Gasteiger partial charge on any atom is 0.321 e. The molecule has 2 N–H and O–H groups in total. The van der Waals surface area contributed by atoms with Gasteiger partial charge in [0.2, 0.25) is 0 Å². The molecule has 4 rings (SSSR count). The molecular formula is C19H19N3O. The van der Waals surface area contributed by atoms with E-state index in [9.17, 15) is 4.79 Å². The first-order chi connectivity index (χ1) is 11.3. The van der Waals surface area contributed by atoms with Gasteiger partial charge in [0.1, 0.15) is 0 Å². The molecule has 4 heteroatoms. The lowest BCUT2D eigenvalue weighted by molar-refractivity contribution is 0.222. The van der Waals surface area contributed by atoms with Gasteiger partial charge in [0.25, 0.3) is 0 Å². The van der Waals surface area contributed by atoms with Gasteiger partial charge < -0.3 is 15.2 Å². The summed E-state index contributed by atoms with van der Waals surface area (Å²) >= 11 is 0. The Kier molecular flexibility index (Phi) is 3.50. The van der Waals surface area contributed by atoms with E-state index in [1.54, 1.807) is 0 Å². The molecule has 116 valence electrons. The summed E-state index contributed by atoms with van der Waals surface area (Å²) in [5.74, 6) is 0.435. The summed E-state index contributed by atoms with van der Waals surface area (Å²) in [6.07, 6.45) is 2.91. The van der Waals surface area contributed by atoms with E-state index in [0.717, 1.165) is 36.1 Å². The van der Waals surface area contributed by atoms with Crippen LogP contribution in [0.1, 0.15) is 17.9 Å². The number of hydrogen-bond donors (Lipinski definition) is 2. The zero-order chi connectivity index (χ0) is 15.6. The fourth-order valence-electron chi connectivity index (χ4n) is 3.33. The van der Waals surface area contributed by atoms with E-state index in [4.69, 9.17) is 0 Å². The van der Waals surface area contributed by atoms with Gasteiger partial charge in [-0.1, -0.05) is 36.4 Å². The van der Waals surface area contributed by atoms with Crippen molar-refractivity contribution in [3.05, 3.63) is 66.4 Å². The number of nitrogens with zero attached hydrogens (tertiary/aromatic N) is 1. The molecule has 0 saturated carbocycles. The normalized spacial score (nSPS) is 17.6. The van der Waals surface area contributed by atoms with Crippen molar-refractivity contribution in [1.82, 2.24) is 9.88 Å². The van der Waals surface area contributed by atoms with E-state index in [2.05, 4.69) is 34.6 Å². The standard InChI is InChI=1S/C19H19N3O/c23-19(21-18-8-4-7-17-16(18)9-11-20-17)22-12-10-15(13-22)14-5-2-1-3-6-14/h1-9,11,15,20H,10,12-13H2,(H,21,23). The van der Waals surface area contributed by atoms with Gasteiger partial charge in [-0.15, -0.1) is 0 Å². The number of likely N-dealkylation sites (tertiary alicyclic amines) is 1. The second-order valence-electron chi connectivity index (χ2n) is 6.02. The van der Waals surface area contributed by atoms with Crippen LogP contribution in [-0.2, 0) is 0 Å². The number of benzene rings is 2. The molecule has 1 aliphatic heterocycles. The van der Waals surface area contributed by atoms with Crippen LogP contribution in [0.2, 0.25) is 0 Å². The van der Waals surface area contributed by atoms with Crippen LogP contribution in [0, 0.1) is 0 Å². The topological polar surface area (TPSA) is 48.1 Å². The molecule has 2 aromatic carbocycles. The molecule has 3 aromatic rings. The summed E-state index contributed by atoms with van der Waals surface area (Å²) in [6.45, 7) is 1.58. The van der Waals surface area contributed by atoms with Crippen molar-refractivity contribution in [3.8, 4) is 0 Å². The van der Waals surface area contributed by atoms with Gasteiger partial charge in [-0.2, -0.15) is 0 Å². The molecule has 0 radical (unpaired) electrons. The van der Waals surface area contributed by atoms with Crippen molar-refractivity contribution in [2.45, 2.75) is 12.3 Å². The average molecular weight is 305 g/mol. The fourth-order valence-corrected chi connectivity index (χ4v) is 3.33. The summed E-state index contributed by atoms with van der Waals surface area (Å²) in [7, 11) is 0. The molecule has 1 aromatic heterocycles. The van der Waals surface area contributed by atoms with Gasteiger partial charge in [0.15, 0.2) is 0 Å². The van der Waals surface area contributed by atoms with Gasteiger partial charge in [0.05, 0.1) is 5.69 Å². The van der Waals surface area contributed by atoms with Crippen molar-refractivity contribution in [2.24, 2.45) is 0 Å². The summed E-state index contributed by atoms with van der Waals surface area (Å²) in [5, 5.41) is 4.09. The number of fused-ring (bicyclic) bond motifs is 1. The maximum absolute atomic E-state index is 12.6. The number of H-pyrrole nitrogens is 1. The van der Waals surface area contributed by atoms with Crippen molar-refractivity contribution in [2.75, 3.05) is 18.4 Å². The van der Waals surface area contributed by atoms with Crippen LogP contribution in [0.3, 0.4) is 0 Å². The molecule has 1 unspecified atom stereocenters. The van der Waals surface area contributed by atoms with E-state index in [1.165, 1.54) is 5.56 Å². The molecule has 2 amide bonds. The zero-order valence-electron chi connectivity index (χ0n) is 12.8. The second kappa shape index (κ2) is 5.80. The van der Waals surface area contributed by atoms with Crippen LogP contribution in [0.25, 0.3) is 10.9 Å². The lowest BCUT2D eigenvalue weighted by Crippen LogP contribution is -2.32. The minimum Gasteiger partial charge on any atom is -0.361 e. The largest absolute Gasteiger partial charge is 0.361 e. The number of amides is 2. The smallest absolute Gasteiger partial charge is 0.321 e. The van der Waals surface area contributed by atoms with Crippen LogP contribution in [-0.4, -0.2) is 29.0 Å². The molecule has 4 nitrogen and oxygen atoms in total. The Balaban J connectivity index is 1.47. The fraction of sp³-hybridized carbons (Fsp3) is 0.211. The lowest BCUT2D eigenvalue weighted by atomic mass is 9.99. The third-order valence-electron chi connectivity index (χ3n) is 4.58. The van der Waals surface area contributed by atoms with Crippen LogP contribution in [0.15, 0.2) is 60.8 Å². The molecule has 1 atom stereocenters. The first-order valence-electron chi connectivity index (χ1n) is 7.98. The third kappa shape index (κ3) is 2.68. The Bertz CT molecular complexity index is 825. The van der Waals surface area contributed by atoms with Crippen molar-refractivity contribution < 1.29 is 4.79 Å². The maximum atomic E-state index is 12.6. The Morgan fingerprint density at radius 1 is 1.09 bits per heavy atom. The first-order valence-corrected chi connectivity index (χ1v) is 7.98. The number of rotatable bonds is 2. The molecule has 1 aliphatic rings. The predicted molar refractivity (Wildman–Crippen MR) is 92.7 cm³/mol. The lowest BCUT2D eigenvalue weighted by Gasteiger charge is -2.18. The Morgan fingerprint density at radius 3 is 2.83 bits per heavy atom. The van der Waals surface area contributed by atoms with Crippen LogP contribution in [0.5, 0.6) is 0 Å². The summed E-state index contributed by atoms with van der Waals surface area (Å²) in [5.41, 5.74) is 3.21. The number of carbonyl (C=O) groups excluding carboxylic acids is 1. The van der Waals surface area contributed by atoms with E-state index < -0.39 is 0 Å². The molecule has 0 bridgehead atoms. The first kappa shape index (κ1) is 13.9.